The fraction of sp³-hybridized carbons (Fsp3) is 0.167. The van der Waals surface area contributed by atoms with Crippen molar-refractivity contribution in [2.45, 2.75) is 26.1 Å². The van der Waals surface area contributed by atoms with Crippen LogP contribution in [-0.2, 0) is 17.9 Å². The fourth-order valence-electron chi connectivity index (χ4n) is 3.45. The van der Waals surface area contributed by atoms with Gasteiger partial charge in [0.05, 0.1) is 5.69 Å². The first kappa shape index (κ1) is 18.7. The number of benzene rings is 3. The van der Waals surface area contributed by atoms with Crippen LogP contribution in [0.4, 0.5) is 16.2 Å². The number of hydrogen-bond donors (Lipinski definition) is 1. The second-order valence-corrected chi connectivity index (χ2v) is 7.13. The molecule has 0 unspecified atom stereocenters. The summed E-state index contributed by atoms with van der Waals surface area (Å²) in [6.07, 6.45) is 0. The quantitative estimate of drug-likeness (QED) is 0.628. The van der Waals surface area contributed by atoms with Crippen molar-refractivity contribution in [3.8, 4) is 0 Å². The van der Waals surface area contributed by atoms with Crippen molar-refractivity contribution in [3.05, 3.63) is 96.1 Å². The molecule has 3 aromatic rings. The molecule has 3 amide bonds. The molecule has 0 aliphatic carbocycles. The third-order valence-electron chi connectivity index (χ3n) is 5.14. The summed E-state index contributed by atoms with van der Waals surface area (Å²) in [6, 6.07) is 26.5. The van der Waals surface area contributed by atoms with Crippen LogP contribution >= 0.6 is 0 Å². The highest BCUT2D eigenvalue weighted by molar-refractivity contribution is 6.21. The lowest BCUT2D eigenvalue weighted by Crippen LogP contribution is -2.33. The van der Waals surface area contributed by atoms with E-state index in [4.69, 9.17) is 0 Å². The monoisotopic (exact) mass is 385 g/mol. The number of nitrogens with one attached hydrogen (secondary N) is 1. The Kier molecular flexibility index (Phi) is 5.29. The van der Waals surface area contributed by atoms with Crippen molar-refractivity contribution >= 4 is 23.3 Å². The Balaban J connectivity index is 1.46. The van der Waals surface area contributed by atoms with Gasteiger partial charge in [0.1, 0.15) is 6.04 Å². The molecule has 29 heavy (non-hydrogen) atoms. The maximum Gasteiger partial charge on any atom is 0.332 e. The number of carbonyl (C=O) groups excluding carboxylic acids is 2. The van der Waals surface area contributed by atoms with Crippen molar-refractivity contribution in [1.29, 1.82) is 0 Å². The van der Waals surface area contributed by atoms with E-state index in [-0.39, 0.29) is 11.9 Å². The topological polar surface area (TPSA) is 52.7 Å². The van der Waals surface area contributed by atoms with Gasteiger partial charge in [0, 0.05) is 18.8 Å². The Bertz CT molecular complexity index is 988. The number of urea groups is 1. The van der Waals surface area contributed by atoms with Gasteiger partial charge < -0.3 is 10.2 Å². The molecule has 0 radical (unpaired) electrons. The Morgan fingerprint density at radius 2 is 1.41 bits per heavy atom. The number of hydrogen-bond acceptors (Lipinski definition) is 3. The molecule has 1 saturated heterocycles. The third kappa shape index (κ3) is 3.99. The second-order valence-electron chi connectivity index (χ2n) is 7.13. The normalized spacial score (nSPS) is 16.4. The van der Waals surface area contributed by atoms with E-state index in [0.29, 0.717) is 18.8 Å². The number of rotatable bonds is 6. The van der Waals surface area contributed by atoms with E-state index in [0.717, 1.165) is 16.8 Å². The SMILES string of the molecule is C[C@H]1C(=O)N(c2ccc(CNc3ccccc3)cc2)C(=O)N1Cc1ccccc1. The Morgan fingerprint density at radius 1 is 0.793 bits per heavy atom. The minimum Gasteiger partial charge on any atom is -0.381 e. The maximum atomic E-state index is 12.9. The van der Waals surface area contributed by atoms with E-state index < -0.39 is 6.04 Å². The van der Waals surface area contributed by atoms with Crippen LogP contribution in [0.25, 0.3) is 0 Å². The van der Waals surface area contributed by atoms with Gasteiger partial charge in [-0.15, -0.1) is 0 Å². The van der Waals surface area contributed by atoms with Gasteiger partial charge in [-0.1, -0.05) is 60.7 Å². The van der Waals surface area contributed by atoms with Crippen LogP contribution in [0.2, 0.25) is 0 Å². The van der Waals surface area contributed by atoms with E-state index in [2.05, 4.69) is 5.32 Å². The van der Waals surface area contributed by atoms with Crippen LogP contribution in [0.5, 0.6) is 0 Å². The zero-order valence-corrected chi connectivity index (χ0v) is 16.3. The summed E-state index contributed by atoms with van der Waals surface area (Å²) in [7, 11) is 0. The lowest BCUT2D eigenvalue weighted by atomic mass is 10.2. The van der Waals surface area contributed by atoms with Gasteiger partial charge in [-0.05, 0) is 42.3 Å². The Hall–Kier alpha value is -3.60. The summed E-state index contributed by atoms with van der Waals surface area (Å²) < 4.78 is 0. The van der Waals surface area contributed by atoms with E-state index in [1.807, 2.05) is 84.9 Å². The van der Waals surface area contributed by atoms with Gasteiger partial charge in [-0.25, -0.2) is 9.69 Å². The smallest absolute Gasteiger partial charge is 0.332 e. The summed E-state index contributed by atoms with van der Waals surface area (Å²) >= 11 is 0. The van der Waals surface area contributed by atoms with E-state index in [9.17, 15) is 9.59 Å². The first-order valence-corrected chi connectivity index (χ1v) is 9.70. The average molecular weight is 385 g/mol. The van der Waals surface area contributed by atoms with Crippen molar-refractivity contribution in [1.82, 2.24) is 4.90 Å². The molecule has 0 saturated carbocycles. The standard InChI is InChI=1S/C24H23N3O2/c1-18-23(28)27(24(29)26(18)17-20-8-4-2-5-9-20)22-14-12-19(13-15-22)16-25-21-10-6-3-7-11-21/h2-15,18,25H,16-17H2,1H3/t18-/m0/s1. The predicted molar refractivity (Wildman–Crippen MR) is 115 cm³/mol. The molecule has 0 bridgehead atoms. The molecule has 5 heteroatoms. The molecular weight excluding hydrogens is 362 g/mol. The number of nitrogens with zero attached hydrogens (tertiary/aromatic N) is 2. The molecule has 4 rings (SSSR count). The minimum absolute atomic E-state index is 0.193. The van der Waals surface area contributed by atoms with Crippen LogP contribution in [0.3, 0.4) is 0 Å². The number of amides is 3. The third-order valence-corrected chi connectivity index (χ3v) is 5.14. The van der Waals surface area contributed by atoms with Crippen molar-refractivity contribution in [2.24, 2.45) is 0 Å². The molecule has 0 spiro atoms. The molecule has 1 atom stereocenters. The first-order chi connectivity index (χ1) is 14.1. The summed E-state index contributed by atoms with van der Waals surface area (Å²) in [4.78, 5) is 28.6. The minimum atomic E-state index is -0.484. The van der Waals surface area contributed by atoms with E-state index in [1.165, 1.54) is 4.90 Å². The van der Waals surface area contributed by atoms with Crippen LogP contribution in [0.15, 0.2) is 84.9 Å². The molecule has 1 aliphatic heterocycles. The highest BCUT2D eigenvalue weighted by Crippen LogP contribution is 2.27. The van der Waals surface area contributed by atoms with Crippen LogP contribution < -0.4 is 10.2 Å². The number of carbonyl (C=O) groups is 2. The number of anilines is 2. The molecule has 5 nitrogen and oxygen atoms in total. The summed E-state index contributed by atoms with van der Waals surface area (Å²) in [5, 5.41) is 3.35. The van der Waals surface area contributed by atoms with Gasteiger partial charge >= 0.3 is 6.03 Å². The van der Waals surface area contributed by atoms with Gasteiger partial charge in [0.25, 0.3) is 5.91 Å². The van der Waals surface area contributed by atoms with Gasteiger partial charge in [0.2, 0.25) is 0 Å². The number of imide groups is 1. The predicted octanol–water partition coefficient (Wildman–Crippen LogP) is 4.66. The summed E-state index contributed by atoms with van der Waals surface area (Å²) in [5.74, 6) is -0.193. The zero-order valence-electron chi connectivity index (χ0n) is 16.3. The van der Waals surface area contributed by atoms with Crippen LogP contribution in [0, 0.1) is 0 Å². The molecule has 146 valence electrons. The largest absolute Gasteiger partial charge is 0.381 e. The molecule has 3 aromatic carbocycles. The highest BCUT2D eigenvalue weighted by Gasteiger charge is 2.43. The van der Waals surface area contributed by atoms with Crippen LogP contribution in [0.1, 0.15) is 18.1 Å². The molecule has 1 aliphatic rings. The summed E-state index contributed by atoms with van der Waals surface area (Å²) in [5.41, 5.74) is 3.73. The van der Waals surface area contributed by atoms with Crippen molar-refractivity contribution in [2.75, 3.05) is 10.2 Å². The van der Waals surface area contributed by atoms with Gasteiger partial charge in [0.15, 0.2) is 0 Å². The molecule has 1 heterocycles. The lowest BCUT2D eigenvalue weighted by Gasteiger charge is -2.19. The van der Waals surface area contributed by atoms with Crippen molar-refractivity contribution < 1.29 is 9.59 Å². The maximum absolute atomic E-state index is 12.9. The first-order valence-electron chi connectivity index (χ1n) is 9.70. The average Bonchev–Trinajstić information content (AvgIpc) is 2.97. The van der Waals surface area contributed by atoms with Crippen molar-refractivity contribution in [3.63, 3.8) is 0 Å². The van der Waals surface area contributed by atoms with Gasteiger partial charge in [-0.3, -0.25) is 4.79 Å². The van der Waals surface area contributed by atoms with E-state index in [1.54, 1.807) is 11.8 Å². The van der Waals surface area contributed by atoms with E-state index >= 15 is 0 Å². The van der Waals surface area contributed by atoms with Crippen LogP contribution in [-0.4, -0.2) is 22.9 Å². The Labute approximate surface area is 170 Å². The summed E-state index contributed by atoms with van der Waals surface area (Å²) in [6.45, 7) is 2.87. The van der Waals surface area contributed by atoms with Gasteiger partial charge in [-0.2, -0.15) is 0 Å². The highest BCUT2D eigenvalue weighted by atomic mass is 16.2. The lowest BCUT2D eigenvalue weighted by molar-refractivity contribution is -0.119. The molecule has 1 fully saturated rings. The fourth-order valence-corrected chi connectivity index (χ4v) is 3.45. The molecule has 0 aromatic heterocycles. The Morgan fingerprint density at radius 3 is 2.07 bits per heavy atom. The number of para-hydroxylation sites is 1. The zero-order chi connectivity index (χ0) is 20.2. The second kappa shape index (κ2) is 8.19. The molecular formula is C24H23N3O2. The molecule has 1 N–H and O–H groups in total.